The number of nitrogens with zero attached hydrogens (tertiary/aromatic N) is 2. The van der Waals surface area contributed by atoms with Crippen molar-refractivity contribution in [3.8, 4) is 11.5 Å². The van der Waals surface area contributed by atoms with Gasteiger partial charge in [-0.2, -0.15) is 0 Å². The number of ether oxygens (including phenoxy) is 1. The van der Waals surface area contributed by atoms with E-state index in [0.717, 1.165) is 80.5 Å². The second-order valence-corrected chi connectivity index (χ2v) is 9.73. The number of anilines is 2. The SMILES string of the molecule is NC(C=Cc1cccc2c1Nc1ccccc1O2)=Cc1ccc(C=C2C=CC(C=C3C=CC([CH]=[Zn])=N3)=N2)[nH]1. The average molecular weight is 547 g/mol. The van der Waals surface area contributed by atoms with Gasteiger partial charge in [-0.05, 0) is 30.4 Å². The number of rotatable bonds is 6. The first-order chi connectivity index (χ1) is 18.6. The van der Waals surface area contributed by atoms with Gasteiger partial charge in [0.05, 0.1) is 11.4 Å². The molecule has 0 saturated carbocycles. The molecule has 7 heteroatoms. The third kappa shape index (κ3) is 5.24. The first-order valence-electron chi connectivity index (χ1n) is 12.2. The van der Waals surface area contributed by atoms with Crippen LogP contribution in [0.2, 0.25) is 0 Å². The van der Waals surface area contributed by atoms with Crippen molar-refractivity contribution in [3.63, 3.8) is 0 Å². The molecule has 4 N–H and O–H groups in total. The standard InChI is InChI=1S/C31H23N5O.Zn/c1-20-9-12-24(33-20)18-25-15-16-27(35-25)19-26-14-13-23(34-26)17-22(32)11-10-21-5-4-8-30-31(21)36-28-6-2-3-7-29(28)37-30;/h1-19,34,36H,32H2;. The number of nitrogens with two attached hydrogens (primary N) is 1. The van der Waals surface area contributed by atoms with Crippen LogP contribution in [-0.4, -0.2) is 21.0 Å². The molecule has 180 valence electrons. The summed E-state index contributed by atoms with van der Waals surface area (Å²) in [5.74, 6) is 1.60. The van der Waals surface area contributed by atoms with Crippen molar-refractivity contribution in [3.05, 3.63) is 125 Å². The van der Waals surface area contributed by atoms with Gasteiger partial charge in [0.2, 0.25) is 0 Å². The summed E-state index contributed by atoms with van der Waals surface area (Å²) in [5.41, 5.74) is 15.4. The molecule has 0 aliphatic carbocycles. The number of aromatic amines is 1. The van der Waals surface area contributed by atoms with Crippen LogP contribution in [0.25, 0.3) is 18.2 Å². The molecule has 0 spiro atoms. The van der Waals surface area contributed by atoms with Gasteiger partial charge in [0, 0.05) is 11.3 Å². The zero-order valence-electron chi connectivity index (χ0n) is 20.6. The van der Waals surface area contributed by atoms with Crippen molar-refractivity contribution in [2.45, 2.75) is 0 Å². The van der Waals surface area contributed by atoms with Gasteiger partial charge in [0.15, 0.2) is 11.5 Å². The average Bonchev–Trinajstić information content (AvgIpc) is 3.68. The van der Waals surface area contributed by atoms with Gasteiger partial charge in [-0.15, -0.1) is 0 Å². The van der Waals surface area contributed by atoms with Crippen LogP contribution >= 0.6 is 0 Å². The summed E-state index contributed by atoms with van der Waals surface area (Å²) in [6.45, 7) is 0. The predicted octanol–water partition coefficient (Wildman–Crippen LogP) is 6.47. The fraction of sp³-hybridized carbons (Fsp3) is 0. The second kappa shape index (κ2) is 10.4. The number of hydrogen-bond acceptors (Lipinski definition) is 5. The summed E-state index contributed by atoms with van der Waals surface area (Å²) in [4.78, 5) is 12.6. The molecule has 38 heavy (non-hydrogen) atoms. The third-order valence-corrected chi connectivity index (χ3v) is 6.99. The molecule has 3 aliphatic rings. The molecule has 0 amide bonds. The normalized spacial score (nSPS) is 17.9. The number of H-pyrrole nitrogens is 1. The summed E-state index contributed by atoms with van der Waals surface area (Å²) in [6, 6.07) is 17.9. The van der Waals surface area contributed by atoms with E-state index in [1.807, 2.05) is 109 Å². The van der Waals surface area contributed by atoms with E-state index in [0.29, 0.717) is 5.70 Å². The Labute approximate surface area is 230 Å². The fourth-order valence-electron chi connectivity index (χ4n) is 4.28. The van der Waals surface area contributed by atoms with E-state index in [2.05, 4.69) is 24.9 Å². The summed E-state index contributed by atoms with van der Waals surface area (Å²) in [6.07, 6.45) is 17.8. The number of hydrogen-bond donors (Lipinski definition) is 3. The van der Waals surface area contributed by atoms with Gasteiger partial charge in [-0.25, -0.2) is 0 Å². The van der Waals surface area contributed by atoms with Crippen LogP contribution in [0.15, 0.2) is 118 Å². The van der Waals surface area contributed by atoms with Gasteiger partial charge in [0.1, 0.15) is 0 Å². The van der Waals surface area contributed by atoms with Gasteiger partial charge in [0.25, 0.3) is 0 Å². The van der Waals surface area contributed by atoms with Gasteiger partial charge in [-0.3, -0.25) is 0 Å². The van der Waals surface area contributed by atoms with Crippen LogP contribution in [0.4, 0.5) is 11.4 Å². The quantitative estimate of drug-likeness (QED) is 0.191. The number of fused-ring (bicyclic) bond motifs is 2. The van der Waals surface area contributed by atoms with Crippen molar-refractivity contribution in [1.29, 1.82) is 0 Å². The van der Waals surface area contributed by atoms with Gasteiger partial charge in [-0.1, -0.05) is 30.3 Å². The number of nitrogens with one attached hydrogen (secondary N) is 2. The number of para-hydroxylation sites is 3. The van der Waals surface area contributed by atoms with E-state index < -0.39 is 0 Å². The Kier molecular flexibility index (Phi) is 6.51. The third-order valence-electron chi connectivity index (χ3n) is 6.11. The van der Waals surface area contributed by atoms with Crippen molar-refractivity contribution >= 4 is 45.6 Å². The molecule has 0 radical (unpaired) electrons. The molecule has 2 aromatic carbocycles. The molecule has 3 aromatic rings. The maximum absolute atomic E-state index is 6.33. The molecule has 6 rings (SSSR count). The Balaban J connectivity index is 1.14. The van der Waals surface area contributed by atoms with E-state index in [-0.39, 0.29) is 0 Å². The number of benzene rings is 2. The molecule has 0 bridgehead atoms. The molecule has 4 heterocycles. The zero-order valence-corrected chi connectivity index (χ0v) is 23.5. The summed E-state index contributed by atoms with van der Waals surface area (Å²) in [5, 5.41) is 3.47. The molecule has 0 fully saturated rings. The monoisotopic (exact) mass is 545 g/mol. The van der Waals surface area contributed by atoms with Crippen LogP contribution in [0.5, 0.6) is 11.5 Å². The van der Waals surface area contributed by atoms with Crippen LogP contribution < -0.4 is 15.8 Å². The topological polar surface area (TPSA) is 87.8 Å². The van der Waals surface area contributed by atoms with Crippen LogP contribution in [0.1, 0.15) is 17.0 Å². The van der Waals surface area contributed by atoms with Gasteiger partial charge >= 0.3 is 120 Å². The van der Waals surface area contributed by atoms with Crippen LogP contribution in [-0.2, 0) is 17.9 Å². The Hall–Kier alpha value is -4.61. The summed E-state index contributed by atoms with van der Waals surface area (Å²) < 4.78 is 8.15. The predicted molar refractivity (Wildman–Crippen MR) is 154 cm³/mol. The molecule has 3 aliphatic heterocycles. The minimum atomic E-state index is 0.629. The summed E-state index contributed by atoms with van der Waals surface area (Å²) in [7, 11) is 0. The number of aromatic nitrogens is 1. The molecule has 0 unspecified atom stereocenters. The second-order valence-electron chi connectivity index (χ2n) is 8.87. The first kappa shape index (κ1) is 23.8. The van der Waals surface area contributed by atoms with Crippen molar-refractivity contribution in [2.24, 2.45) is 15.7 Å². The Morgan fingerprint density at radius 3 is 2.45 bits per heavy atom. The molecular weight excluding hydrogens is 524 g/mol. The van der Waals surface area contributed by atoms with E-state index in [1.165, 1.54) is 0 Å². The fourth-order valence-corrected chi connectivity index (χ4v) is 4.76. The molecular formula is C31H23N5OZn. The van der Waals surface area contributed by atoms with E-state index in [9.17, 15) is 0 Å². The summed E-state index contributed by atoms with van der Waals surface area (Å²) >= 11 is 1.09. The van der Waals surface area contributed by atoms with Crippen molar-refractivity contribution in [1.82, 2.24) is 4.98 Å². The molecule has 0 saturated heterocycles. The molecule has 6 nitrogen and oxygen atoms in total. The van der Waals surface area contributed by atoms with Crippen LogP contribution in [0.3, 0.4) is 0 Å². The zero-order chi connectivity index (χ0) is 25.9. The van der Waals surface area contributed by atoms with E-state index in [1.54, 1.807) is 0 Å². The maximum atomic E-state index is 6.33. The minimum absolute atomic E-state index is 0.629. The first-order valence-corrected chi connectivity index (χ1v) is 13.9. The Morgan fingerprint density at radius 2 is 1.58 bits per heavy atom. The number of aliphatic imine (C=N–C) groups is 2. The number of allylic oxidation sites excluding steroid dienone is 6. The Bertz CT molecular complexity index is 1690. The molecule has 1 aromatic heterocycles. The van der Waals surface area contributed by atoms with Crippen LogP contribution in [0, 0.1) is 0 Å². The van der Waals surface area contributed by atoms with Crippen molar-refractivity contribution < 1.29 is 22.6 Å². The Morgan fingerprint density at radius 1 is 0.816 bits per heavy atom. The van der Waals surface area contributed by atoms with E-state index >= 15 is 0 Å². The molecule has 0 atom stereocenters. The van der Waals surface area contributed by atoms with E-state index in [4.69, 9.17) is 10.5 Å². The van der Waals surface area contributed by atoms with Gasteiger partial charge < -0.3 is 15.8 Å². The van der Waals surface area contributed by atoms with Crippen molar-refractivity contribution in [2.75, 3.05) is 5.32 Å².